The first-order valence-electron chi connectivity index (χ1n) is 4.30. The van der Waals surface area contributed by atoms with Crippen molar-refractivity contribution in [2.24, 2.45) is 0 Å². The van der Waals surface area contributed by atoms with E-state index in [2.05, 4.69) is 50.2 Å². The third kappa shape index (κ3) is 2.49. The van der Waals surface area contributed by atoms with E-state index in [1.807, 2.05) is 13.1 Å². The number of benzene rings is 1. The Balaban J connectivity index is 3.24. The Morgan fingerprint density at radius 2 is 2.00 bits per heavy atom. The van der Waals surface area contributed by atoms with Gasteiger partial charge >= 0.3 is 0 Å². The zero-order valence-corrected chi connectivity index (χ0v) is 11.6. The van der Waals surface area contributed by atoms with Crippen molar-refractivity contribution in [1.29, 1.82) is 0 Å². The fourth-order valence-corrected chi connectivity index (χ4v) is 2.69. The van der Waals surface area contributed by atoms with Crippen LogP contribution in [0.25, 0.3) is 0 Å². The molecule has 0 fully saturated rings. The lowest BCUT2D eigenvalue weighted by Crippen LogP contribution is -2.13. The second-order valence-corrected chi connectivity index (χ2v) is 4.79. The molecule has 1 aromatic rings. The minimum absolute atomic E-state index is 0.263. The molecular weight excluding hydrogens is 310 g/mol. The first-order chi connectivity index (χ1) is 6.60. The van der Waals surface area contributed by atoms with E-state index in [0.717, 1.165) is 20.3 Å². The second kappa shape index (κ2) is 5.14. The molecule has 0 bridgehead atoms. The van der Waals surface area contributed by atoms with Crippen LogP contribution in [-0.2, 0) is 0 Å². The molecule has 1 unspecified atom stereocenters. The Morgan fingerprint density at radius 1 is 1.36 bits per heavy atom. The molecule has 0 aliphatic heterocycles. The van der Waals surface area contributed by atoms with E-state index in [4.69, 9.17) is 4.74 Å². The van der Waals surface area contributed by atoms with E-state index in [0.29, 0.717) is 0 Å². The summed E-state index contributed by atoms with van der Waals surface area (Å²) in [5, 5.41) is 3.19. The summed E-state index contributed by atoms with van der Waals surface area (Å²) < 4.78 is 7.35. The van der Waals surface area contributed by atoms with Crippen LogP contribution in [0, 0.1) is 0 Å². The third-order valence-corrected chi connectivity index (χ3v) is 3.19. The standard InChI is InChI=1S/C10H13Br2NO/c1-6(13-2)8-4-7(11)5-9(12)10(8)14-3/h4-6,13H,1-3H3. The van der Waals surface area contributed by atoms with E-state index < -0.39 is 0 Å². The van der Waals surface area contributed by atoms with Crippen LogP contribution in [0.15, 0.2) is 21.1 Å². The maximum absolute atomic E-state index is 5.35. The SMILES string of the molecule is CNC(C)c1cc(Br)cc(Br)c1OC. The highest BCUT2D eigenvalue weighted by Gasteiger charge is 2.13. The van der Waals surface area contributed by atoms with Crippen LogP contribution in [0.1, 0.15) is 18.5 Å². The minimum Gasteiger partial charge on any atom is -0.495 e. The van der Waals surface area contributed by atoms with Crippen molar-refractivity contribution in [2.75, 3.05) is 14.2 Å². The molecule has 1 N–H and O–H groups in total. The molecule has 0 aliphatic carbocycles. The molecule has 0 heterocycles. The maximum Gasteiger partial charge on any atom is 0.137 e. The number of hydrogen-bond donors (Lipinski definition) is 1. The molecule has 0 spiro atoms. The summed E-state index contributed by atoms with van der Waals surface area (Å²) in [4.78, 5) is 0. The molecule has 0 aromatic heterocycles. The molecule has 0 radical (unpaired) electrons. The molecule has 0 saturated heterocycles. The number of rotatable bonds is 3. The van der Waals surface area contributed by atoms with Gasteiger partial charge in [-0.05, 0) is 42.0 Å². The lowest BCUT2D eigenvalue weighted by Gasteiger charge is -2.16. The molecule has 1 rings (SSSR count). The molecule has 2 nitrogen and oxygen atoms in total. The fraction of sp³-hybridized carbons (Fsp3) is 0.400. The molecule has 4 heteroatoms. The van der Waals surface area contributed by atoms with E-state index in [1.165, 1.54) is 0 Å². The summed E-state index contributed by atoms with van der Waals surface area (Å²) in [6.45, 7) is 2.09. The van der Waals surface area contributed by atoms with Gasteiger partial charge in [0.05, 0.1) is 11.6 Å². The van der Waals surface area contributed by atoms with Gasteiger partial charge in [-0.3, -0.25) is 0 Å². The second-order valence-electron chi connectivity index (χ2n) is 3.02. The van der Waals surface area contributed by atoms with Crippen LogP contribution in [0.2, 0.25) is 0 Å². The van der Waals surface area contributed by atoms with Crippen molar-refractivity contribution in [3.05, 3.63) is 26.6 Å². The quantitative estimate of drug-likeness (QED) is 0.919. The van der Waals surface area contributed by atoms with Crippen molar-refractivity contribution in [2.45, 2.75) is 13.0 Å². The summed E-state index contributed by atoms with van der Waals surface area (Å²) in [7, 11) is 3.61. The number of hydrogen-bond acceptors (Lipinski definition) is 2. The van der Waals surface area contributed by atoms with Gasteiger partial charge in [0, 0.05) is 16.1 Å². The van der Waals surface area contributed by atoms with Gasteiger partial charge in [0.1, 0.15) is 5.75 Å². The van der Waals surface area contributed by atoms with Gasteiger partial charge in [-0.2, -0.15) is 0 Å². The summed E-state index contributed by atoms with van der Waals surface area (Å²) in [6.07, 6.45) is 0. The molecule has 0 amide bonds. The number of ether oxygens (including phenoxy) is 1. The Morgan fingerprint density at radius 3 is 2.50 bits per heavy atom. The maximum atomic E-state index is 5.35. The van der Waals surface area contributed by atoms with Gasteiger partial charge in [-0.15, -0.1) is 0 Å². The summed E-state index contributed by atoms with van der Waals surface area (Å²) >= 11 is 6.93. The lowest BCUT2D eigenvalue weighted by molar-refractivity contribution is 0.401. The largest absolute Gasteiger partial charge is 0.495 e. The van der Waals surface area contributed by atoms with Gasteiger partial charge in [0.15, 0.2) is 0 Å². The van der Waals surface area contributed by atoms with Crippen molar-refractivity contribution >= 4 is 31.9 Å². The number of methoxy groups -OCH3 is 1. The lowest BCUT2D eigenvalue weighted by atomic mass is 10.1. The average molecular weight is 323 g/mol. The molecule has 1 aromatic carbocycles. The topological polar surface area (TPSA) is 21.3 Å². The number of halogens is 2. The average Bonchev–Trinajstić information content (AvgIpc) is 2.15. The highest BCUT2D eigenvalue weighted by atomic mass is 79.9. The molecule has 14 heavy (non-hydrogen) atoms. The Kier molecular flexibility index (Phi) is 4.41. The predicted octanol–water partition coefficient (Wildman–Crippen LogP) is 3.50. The number of nitrogens with one attached hydrogen (secondary N) is 1. The Bertz CT molecular complexity index is 328. The Hall–Kier alpha value is -0.0600. The van der Waals surface area contributed by atoms with Crippen LogP contribution >= 0.6 is 31.9 Å². The van der Waals surface area contributed by atoms with Gasteiger partial charge < -0.3 is 10.1 Å². The summed E-state index contributed by atoms with van der Waals surface area (Å²) in [5.74, 6) is 0.884. The zero-order valence-electron chi connectivity index (χ0n) is 8.40. The zero-order chi connectivity index (χ0) is 10.7. The van der Waals surface area contributed by atoms with Crippen molar-refractivity contribution in [1.82, 2.24) is 5.32 Å². The highest BCUT2D eigenvalue weighted by Crippen LogP contribution is 2.35. The summed E-state index contributed by atoms with van der Waals surface area (Å²) in [5.41, 5.74) is 1.14. The highest BCUT2D eigenvalue weighted by molar-refractivity contribution is 9.11. The first-order valence-corrected chi connectivity index (χ1v) is 5.89. The van der Waals surface area contributed by atoms with Gasteiger partial charge in [-0.25, -0.2) is 0 Å². The smallest absolute Gasteiger partial charge is 0.137 e. The van der Waals surface area contributed by atoms with E-state index >= 15 is 0 Å². The molecule has 78 valence electrons. The molecule has 0 saturated carbocycles. The van der Waals surface area contributed by atoms with Gasteiger partial charge in [0.25, 0.3) is 0 Å². The van der Waals surface area contributed by atoms with Crippen LogP contribution in [-0.4, -0.2) is 14.2 Å². The molecular formula is C10H13Br2NO. The van der Waals surface area contributed by atoms with Crippen molar-refractivity contribution < 1.29 is 4.74 Å². The normalized spacial score (nSPS) is 12.6. The summed E-state index contributed by atoms with van der Waals surface area (Å²) in [6, 6.07) is 4.30. The van der Waals surface area contributed by atoms with Crippen molar-refractivity contribution in [3.8, 4) is 5.75 Å². The van der Waals surface area contributed by atoms with Gasteiger partial charge in [-0.1, -0.05) is 15.9 Å². The molecule has 1 atom stereocenters. The van der Waals surface area contributed by atoms with Crippen LogP contribution < -0.4 is 10.1 Å². The Labute approximate surface area is 101 Å². The van der Waals surface area contributed by atoms with Crippen LogP contribution in [0.3, 0.4) is 0 Å². The van der Waals surface area contributed by atoms with Crippen molar-refractivity contribution in [3.63, 3.8) is 0 Å². The van der Waals surface area contributed by atoms with E-state index in [1.54, 1.807) is 7.11 Å². The van der Waals surface area contributed by atoms with Crippen LogP contribution in [0.5, 0.6) is 5.75 Å². The molecule has 0 aliphatic rings. The van der Waals surface area contributed by atoms with E-state index in [-0.39, 0.29) is 6.04 Å². The third-order valence-electron chi connectivity index (χ3n) is 2.14. The van der Waals surface area contributed by atoms with Gasteiger partial charge in [0.2, 0.25) is 0 Å². The van der Waals surface area contributed by atoms with E-state index in [9.17, 15) is 0 Å². The predicted molar refractivity (Wildman–Crippen MR) is 65.9 cm³/mol. The fourth-order valence-electron chi connectivity index (χ4n) is 1.27. The minimum atomic E-state index is 0.263. The monoisotopic (exact) mass is 321 g/mol. The first kappa shape index (κ1) is 12.0. The van der Waals surface area contributed by atoms with Crippen LogP contribution in [0.4, 0.5) is 0 Å².